The highest BCUT2D eigenvalue weighted by Gasteiger charge is 2.18. The third-order valence-electron chi connectivity index (χ3n) is 13.8. The molecule has 69 heavy (non-hydrogen) atoms. The molecule has 6 heteroatoms. The molecule has 0 fully saturated rings. The molecule has 0 saturated heterocycles. The topological polar surface area (TPSA) is 95.9 Å². The van der Waals surface area contributed by atoms with E-state index in [0.717, 1.165) is 57.8 Å². The van der Waals surface area contributed by atoms with Crippen molar-refractivity contribution in [2.75, 3.05) is 13.2 Å². The molecule has 0 aliphatic rings. The minimum Gasteiger partial charge on any atom is -0.466 e. The molecule has 0 aromatic rings. The molecule has 0 heterocycles. The standard InChI is InChI=1S/C63H117NO5/c1-3-5-7-9-11-13-15-17-18-19-22-26-29-33-37-41-45-49-53-57-63(68)69-58-54-50-46-42-38-34-30-27-24-21-20-23-25-28-32-36-40-44-48-52-56-62(67)64-60(59-65)61(66)55-51-47-43-39-35-31-16-14-12-10-8-6-4-2/h11,13,17-18,20,23,51,55,60-61,65-66H,3-10,12,14-16,19,21-22,24-50,52-54,56-59H2,1-2H3,(H,64,67)/b13-11-,18-17-,23-20-,55-51+. The van der Waals surface area contributed by atoms with E-state index < -0.39 is 12.1 Å². The third kappa shape index (κ3) is 55.0. The van der Waals surface area contributed by atoms with Gasteiger partial charge in [-0.05, 0) is 89.9 Å². The number of amides is 1. The Morgan fingerprint density at radius 2 is 0.725 bits per heavy atom. The third-order valence-corrected chi connectivity index (χ3v) is 13.8. The van der Waals surface area contributed by atoms with Crippen LogP contribution in [0.2, 0.25) is 0 Å². The maximum Gasteiger partial charge on any atom is 0.305 e. The Hall–Kier alpha value is -2.18. The molecule has 0 aliphatic carbocycles. The van der Waals surface area contributed by atoms with Gasteiger partial charge in [0.25, 0.3) is 0 Å². The molecular formula is C63H117NO5. The van der Waals surface area contributed by atoms with Gasteiger partial charge in [0.2, 0.25) is 5.91 Å². The van der Waals surface area contributed by atoms with Crippen LogP contribution in [-0.2, 0) is 14.3 Å². The lowest BCUT2D eigenvalue weighted by Crippen LogP contribution is -2.45. The number of hydrogen-bond acceptors (Lipinski definition) is 5. The van der Waals surface area contributed by atoms with Gasteiger partial charge in [-0.2, -0.15) is 0 Å². The van der Waals surface area contributed by atoms with Crippen LogP contribution in [0.1, 0.15) is 316 Å². The molecule has 3 N–H and O–H groups in total. The predicted molar refractivity (Wildman–Crippen MR) is 301 cm³/mol. The number of nitrogens with one attached hydrogen (secondary N) is 1. The summed E-state index contributed by atoms with van der Waals surface area (Å²) in [5, 5.41) is 23.1. The van der Waals surface area contributed by atoms with Gasteiger partial charge in [-0.3, -0.25) is 9.59 Å². The van der Waals surface area contributed by atoms with Gasteiger partial charge in [0, 0.05) is 12.8 Å². The number of hydrogen-bond donors (Lipinski definition) is 3. The van der Waals surface area contributed by atoms with Crippen molar-refractivity contribution in [1.82, 2.24) is 5.32 Å². The number of carbonyl (C=O) groups is 2. The minimum atomic E-state index is -0.850. The van der Waals surface area contributed by atoms with Gasteiger partial charge < -0.3 is 20.3 Å². The Morgan fingerprint density at radius 1 is 0.406 bits per heavy atom. The molecule has 0 radical (unpaired) electrons. The second-order valence-electron chi connectivity index (χ2n) is 20.7. The average Bonchev–Trinajstić information content (AvgIpc) is 3.35. The quantitative estimate of drug-likeness (QED) is 0.0321. The smallest absolute Gasteiger partial charge is 0.305 e. The lowest BCUT2D eigenvalue weighted by atomic mass is 10.0. The van der Waals surface area contributed by atoms with Gasteiger partial charge in [-0.25, -0.2) is 0 Å². The minimum absolute atomic E-state index is 0.00137. The molecule has 0 saturated carbocycles. The highest BCUT2D eigenvalue weighted by Crippen LogP contribution is 2.16. The first kappa shape index (κ1) is 66.8. The second-order valence-corrected chi connectivity index (χ2v) is 20.7. The number of rotatable bonds is 56. The average molecular weight is 969 g/mol. The van der Waals surface area contributed by atoms with Crippen LogP contribution in [0.15, 0.2) is 48.6 Å². The number of aliphatic hydroxyl groups excluding tert-OH is 2. The molecule has 2 atom stereocenters. The van der Waals surface area contributed by atoms with Crippen molar-refractivity contribution in [1.29, 1.82) is 0 Å². The second kappa shape index (κ2) is 58.4. The van der Waals surface area contributed by atoms with Gasteiger partial charge >= 0.3 is 5.97 Å². The SMILES string of the molecule is CCCCC/C=C\C/C=C\CCCCCCCCCCCC(=O)OCCCCCCCCCCC/C=C\CCCCCCCCCC(=O)NC(CO)C(O)/C=C/CCCCCCCCCCCCC. The molecule has 6 nitrogen and oxygen atoms in total. The van der Waals surface area contributed by atoms with Crippen LogP contribution in [-0.4, -0.2) is 47.4 Å². The normalized spacial score (nSPS) is 12.9. The molecule has 0 bridgehead atoms. The van der Waals surface area contributed by atoms with E-state index in [2.05, 4.69) is 55.6 Å². The number of esters is 1. The van der Waals surface area contributed by atoms with E-state index in [1.165, 1.54) is 231 Å². The van der Waals surface area contributed by atoms with E-state index in [-0.39, 0.29) is 18.5 Å². The summed E-state index contributed by atoms with van der Waals surface area (Å²) in [5.74, 6) is -0.0758. The van der Waals surface area contributed by atoms with E-state index in [1.54, 1.807) is 6.08 Å². The summed E-state index contributed by atoms with van der Waals surface area (Å²) in [6.45, 7) is 4.87. The number of unbranched alkanes of at least 4 members (excludes halogenated alkanes) is 39. The van der Waals surface area contributed by atoms with Crippen LogP contribution in [0.4, 0.5) is 0 Å². The van der Waals surface area contributed by atoms with Crippen molar-refractivity contribution < 1.29 is 24.5 Å². The summed E-state index contributed by atoms with van der Waals surface area (Å²) < 4.78 is 5.49. The van der Waals surface area contributed by atoms with Crippen LogP contribution in [0.5, 0.6) is 0 Å². The van der Waals surface area contributed by atoms with Crippen molar-refractivity contribution in [2.24, 2.45) is 0 Å². The number of allylic oxidation sites excluding steroid dienone is 7. The summed E-state index contributed by atoms with van der Waals surface area (Å²) in [4.78, 5) is 24.5. The zero-order valence-corrected chi connectivity index (χ0v) is 46.0. The van der Waals surface area contributed by atoms with Crippen LogP contribution >= 0.6 is 0 Å². The van der Waals surface area contributed by atoms with Crippen LogP contribution < -0.4 is 5.32 Å². The molecule has 2 unspecified atom stereocenters. The molecular weight excluding hydrogens is 851 g/mol. The van der Waals surface area contributed by atoms with Crippen molar-refractivity contribution in [3.8, 4) is 0 Å². The van der Waals surface area contributed by atoms with E-state index in [0.29, 0.717) is 19.4 Å². The maximum atomic E-state index is 12.4. The summed E-state index contributed by atoms with van der Waals surface area (Å²) in [6, 6.07) is -0.634. The van der Waals surface area contributed by atoms with Gasteiger partial charge in [0.05, 0.1) is 25.4 Å². The van der Waals surface area contributed by atoms with Crippen molar-refractivity contribution >= 4 is 11.9 Å². The lowest BCUT2D eigenvalue weighted by molar-refractivity contribution is -0.143. The summed E-state index contributed by atoms with van der Waals surface area (Å²) in [7, 11) is 0. The Kier molecular flexibility index (Phi) is 56.5. The first-order chi connectivity index (χ1) is 34.0. The van der Waals surface area contributed by atoms with E-state index in [9.17, 15) is 19.8 Å². The Labute approximate surface area is 429 Å². The molecule has 0 rings (SSSR count). The van der Waals surface area contributed by atoms with E-state index >= 15 is 0 Å². The maximum absolute atomic E-state index is 12.4. The largest absolute Gasteiger partial charge is 0.466 e. The molecule has 0 aromatic carbocycles. The molecule has 0 aliphatic heterocycles. The molecule has 0 aromatic heterocycles. The molecule has 1 amide bonds. The van der Waals surface area contributed by atoms with Crippen molar-refractivity contribution in [3.05, 3.63) is 48.6 Å². The highest BCUT2D eigenvalue weighted by atomic mass is 16.5. The van der Waals surface area contributed by atoms with Crippen molar-refractivity contribution in [3.63, 3.8) is 0 Å². The number of aliphatic hydroxyl groups is 2. The fraction of sp³-hybridized carbons (Fsp3) is 0.841. The monoisotopic (exact) mass is 968 g/mol. The summed E-state index contributed by atoms with van der Waals surface area (Å²) in [5.41, 5.74) is 0. The first-order valence-electron chi connectivity index (χ1n) is 30.4. The number of carbonyl (C=O) groups excluding carboxylic acids is 2. The Morgan fingerprint density at radius 3 is 1.14 bits per heavy atom. The van der Waals surface area contributed by atoms with Gasteiger partial charge in [-0.15, -0.1) is 0 Å². The lowest BCUT2D eigenvalue weighted by Gasteiger charge is -2.20. The Bertz CT molecular complexity index is 1160. The molecule has 404 valence electrons. The predicted octanol–water partition coefficient (Wildman–Crippen LogP) is 19.0. The fourth-order valence-electron chi connectivity index (χ4n) is 9.13. The van der Waals surface area contributed by atoms with Gasteiger partial charge in [0.15, 0.2) is 0 Å². The summed E-state index contributed by atoms with van der Waals surface area (Å²) in [6.07, 6.45) is 74.3. The van der Waals surface area contributed by atoms with Crippen LogP contribution in [0.25, 0.3) is 0 Å². The fourth-order valence-corrected chi connectivity index (χ4v) is 9.13. The van der Waals surface area contributed by atoms with E-state index in [1.807, 2.05) is 6.08 Å². The van der Waals surface area contributed by atoms with Crippen LogP contribution in [0.3, 0.4) is 0 Å². The van der Waals surface area contributed by atoms with Gasteiger partial charge in [-0.1, -0.05) is 262 Å². The molecule has 0 spiro atoms. The van der Waals surface area contributed by atoms with E-state index in [4.69, 9.17) is 4.74 Å². The highest BCUT2D eigenvalue weighted by molar-refractivity contribution is 5.76. The zero-order chi connectivity index (χ0) is 50.0. The number of ether oxygens (including phenoxy) is 1. The van der Waals surface area contributed by atoms with Crippen LogP contribution in [0, 0.1) is 0 Å². The Balaban J connectivity index is 3.44. The first-order valence-corrected chi connectivity index (χ1v) is 30.4. The summed E-state index contributed by atoms with van der Waals surface area (Å²) >= 11 is 0. The van der Waals surface area contributed by atoms with Gasteiger partial charge in [0.1, 0.15) is 0 Å². The van der Waals surface area contributed by atoms with Crippen molar-refractivity contribution in [2.45, 2.75) is 328 Å². The zero-order valence-electron chi connectivity index (χ0n) is 46.0.